The van der Waals surface area contributed by atoms with Crippen molar-refractivity contribution in [3.8, 4) is 0 Å². The van der Waals surface area contributed by atoms with Crippen molar-refractivity contribution in [1.82, 2.24) is 15.0 Å². The van der Waals surface area contributed by atoms with Crippen LogP contribution in [0.4, 0.5) is 0 Å². The minimum absolute atomic E-state index is 0.0458. The second-order valence-corrected chi connectivity index (χ2v) is 6.06. The van der Waals surface area contributed by atoms with Gasteiger partial charge in [-0.1, -0.05) is 19.1 Å². The molecule has 1 saturated carbocycles. The fourth-order valence-electron chi connectivity index (χ4n) is 3.06. The molecule has 2 atom stereocenters. The molecule has 1 N–H and O–H groups in total. The molecule has 2 unspecified atom stereocenters. The lowest BCUT2D eigenvalue weighted by molar-refractivity contribution is -0.130. The highest BCUT2D eigenvalue weighted by molar-refractivity contribution is 5.92. The van der Waals surface area contributed by atoms with Crippen molar-refractivity contribution in [1.29, 1.82) is 0 Å². The minimum atomic E-state index is -0.940. The van der Waals surface area contributed by atoms with Crippen LogP contribution in [0.5, 0.6) is 0 Å². The molecule has 6 heteroatoms. The third-order valence-corrected chi connectivity index (χ3v) is 4.51. The van der Waals surface area contributed by atoms with Gasteiger partial charge >= 0.3 is 5.97 Å². The fraction of sp³-hybridized carbons (Fsp3) is 0.533. The van der Waals surface area contributed by atoms with Crippen LogP contribution < -0.4 is 0 Å². The molecule has 0 aliphatic heterocycles. The molecule has 1 fully saturated rings. The Labute approximate surface area is 122 Å². The molecule has 1 aliphatic rings. The van der Waals surface area contributed by atoms with Gasteiger partial charge in [-0.25, -0.2) is 9.48 Å². The molecule has 0 amide bonds. The lowest BCUT2D eigenvalue weighted by Gasteiger charge is -2.51. The molecule has 0 spiro atoms. The first-order valence-corrected chi connectivity index (χ1v) is 7.15. The van der Waals surface area contributed by atoms with E-state index in [9.17, 15) is 4.79 Å². The number of nitrogens with zero attached hydrogens (tertiary/aromatic N) is 3. The summed E-state index contributed by atoms with van der Waals surface area (Å²) in [6.07, 6.45) is 1.07. The van der Waals surface area contributed by atoms with Gasteiger partial charge in [-0.2, -0.15) is 0 Å². The largest absolute Gasteiger partial charge is 0.478 e. The first kappa shape index (κ1) is 14.0. The van der Waals surface area contributed by atoms with Crippen LogP contribution in [-0.2, 0) is 4.74 Å². The van der Waals surface area contributed by atoms with Gasteiger partial charge < -0.3 is 9.84 Å². The molecular formula is C15H19N3O3. The number of aromatic nitrogens is 3. The van der Waals surface area contributed by atoms with Gasteiger partial charge in [-0.15, -0.1) is 5.10 Å². The Bertz CT molecular complexity index is 693. The SMILES string of the molecule is CCOC1CC(n2nnc3ccc(C(=O)O)cc32)C1(C)C. The van der Waals surface area contributed by atoms with Crippen molar-refractivity contribution in [2.24, 2.45) is 5.41 Å². The van der Waals surface area contributed by atoms with Gasteiger partial charge in [0.1, 0.15) is 5.52 Å². The number of hydrogen-bond acceptors (Lipinski definition) is 4. The van der Waals surface area contributed by atoms with E-state index in [-0.39, 0.29) is 23.1 Å². The number of carbonyl (C=O) groups is 1. The van der Waals surface area contributed by atoms with Crippen molar-refractivity contribution < 1.29 is 14.6 Å². The highest BCUT2D eigenvalue weighted by Crippen LogP contribution is 2.51. The van der Waals surface area contributed by atoms with Crippen molar-refractivity contribution in [3.63, 3.8) is 0 Å². The number of carboxylic acid groups (broad SMARTS) is 1. The van der Waals surface area contributed by atoms with E-state index < -0.39 is 5.97 Å². The molecule has 6 nitrogen and oxygen atoms in total. The zero-order valence-electron chi connectivity index (χ0n) is 12.4. The number of carboxylic acids is 1. The Morgan fingerprint density at radius 3 is 2.90 bits per heavy atom. The van der Waals surface area contributed by atoms with Crippen molar-refractivity contribution in [3.05, 3.63) is 23.8 Å². The van der Waals surface area contributed by atoms with E-state index in [1.165, 1.54) is 0 Å². The third kappa shape index (κ3) is 2.10. The Morgan fingerprint density at radius 1 is 1.52 bits per heavy atom. The molecule has 2 aromatic rings. The van der Waals surface area contributed by atoms with Gasteiger partial charge in [0.15, 0.2) is 0 Å². The average Bonchev–Trinajstić information content (AvgIpc) is 2.85. The minimum Gasteiger partial charge on any atom is -0.478 e. The maximum Gasteiger partial charge on any atom is 0.335 e. The van der Waals surface area contributed by atoms with Crippen molar-refractivity contribution >= 4 is 17.0 Å². The van der Waals surface area contributed by atoms with Crippen LogP contribution in [0.1, 0.15) is 43.6 Å². The molecule has 112 valence electrons. The standard InChI is InChI=1S/C15H19N3O3/c1-4-21-13-8-12(15(13,2)3)18-11-7-9(14(19)20)5-6-10(11)16-17-18/h5-7,12-13H,4,8H2,1-3H3,(H,19,20). The van der Waals surface area contributed by atoms with E-state index in [2.05, 4.69) is 24.2 Å². The molecule has 21 heavy (non-hydrogen) atoms. The molecule has 1 aromatic carbocycles. The normalized spacial score (nSPS) is 24.0. The van der Waals surface area contributed by atoms with Crippen LogP contribution in [-0.4, -0.2) is 38.8 Å². The molecule has 1 aromatic heterocycles. The summed E-state index contributed by atoms with van der Waals surface area (Å²) in [6, 6.07) is 5.07. The van der Waals surface area contributed by atoms with Crippen LogP contribution >= 0.6 is 0 Å². The number of ether oxygens (including phenoxy) is 1. The average molecular weight is 289 g/mol. The Hall–Kier alpha value is -1.95. The topological polar surface area (TPSA) is 77.2 Å². The lowest BCUT2D eigenvalue weighted by Crippen LogP contribution is -2.51. The van der Waals surface area contributed by atoms with Gasteiger partial charge in [-0.05, 0) is 31.5 Å². The number of benzene rings is 1. The predicted molar refractivity (Wildman–Crippen MR) is 77.3 cm³/mol. The first-order valence-electron chi connectivity index (χ1n) is 7.15. The van der Waals surface area contributed by atoms with E-state index >= 15 is 0 Å². The van der Waals surface area contributed by atoms with Gasteiger partial charge in [0, 0.05) is 12.0 Å². The summed E-state index contributed by atoms with van der Waals surface area (Å²) in [5, 5.41) is 17.5. The number of aromatic carboxylic acids is 1. The number of rotatable bonds is 4. The zero-order valence-corrected chi connectivity index (χ0v) is 12.4. The van der Waals surface area contributed by atoms with Gasteiger partial charge in [-0.3, -0.25) is 0 Å². The molecule has 0 radical (unpaired) electrons. The quantitative estimate of drug-likeness (QED) is 0.935. The Kier molecular flexibility index (Phi) is 3.20. The van der Waals surface area contributed by atoms with E-state index in [4.69, 9.17) is 9.84 Å². The van der Waals surface area contributed by atoms with E-state index in [1.807, 2.05) is 11.6 Å². The lowest BCUT2D eigenvalue weighted by atomic mass is 9.64. The maximum atomic E-state index is 11.1. The van der Waals surface area contributed by atoms with Crippen LogP contribution in [0, 0.1) is 5.41 Å². The fourth-order valence-corrected chi connectivity index (χ4v) is 3.06. The molecular weight excluding hydrogens is 270 g/mol. The molecule has 3 rings (SSSR count). The summed E-state index contributed by atoms with van der Waals surface area (Å²) >= 11 is 0. The van der Waals surface area contributed by atoms with E-state index in [1.54, 1.807) is 18.2 Å². The van der Waals surface area contributed by atoms with Gasteiger partial charge in [0.2, 0.25) is 0 Å². The summed E-state index contributed by atoms with van der Waals surface area (Å²) in [7, 11) is 0. The first-order chi connectivity index (χ1) is 9.95. The Balaban J connectivity index is 1.98. The number of fused-ring (bicyclic) bond motifs is 1. The molecule has 0 bridgehead atoms. The summed E-state index contributed by atoms with van der Waals surface area (Å²) < 4.78 is 7.58. The molecule has 1 heterocycles. The van der Waals surface area contributed by atoms with Crippen molar-refractivity contribution in [2.75, 3.05) is 6.61 Å². The summed E-state index contributed by atoms with van der Waals surface area (Å²) in [5.74, 6) is -0.940. The second kappa shape index (κ2) is 4.80. The smallest absolute Gasteiger partial charge is 0.335 e. The van der Waals surface area contributed by atoms with Gasteiger partial charge in [0.25, 0.3) is 0 Å². The summed E-state index contributed by atoms with van der Waals surface area (Å²) in [6.45, 7) is 6.99. The molecule has 1 aliphatic carbocycles. The summed E-state index contributed by atoms with van der Waals surface area (Å²) in [5.41, 5.74) is 1.69. The maximum absolute atomic E-state index is 11.1. The van der Waals surface area contributed by atoms with Crippen LogP contribution in [0.15, 0.2) is 18.2 Å². The monoisotopic (exact) mass is 289 g/mol. The highest BCUT2D eigenvalue weighted by atomic mass is 16.5. The van der Waals surface area contributed by atoms with Crippen molar-refractivity contribution in [2.45, 2.75) is 39.3 Å². The summed E-state index contributed by atoms with van der Waals surface area (Å²) in [4.78, 5) is 11.1. The zero-order chi connectivity index (χ0) is 15.2. The highest BCUT2D eigenvalue weighted by Gasteiger charge is 2.51. The van der Waals surface area contributed by atoms with E-state index in [0.717, 1.165) is 17.5 Å². The second-order valence-electron chi connectivity index (χ2n) is 6.06. The number of hydrogen-bond donors (Lipinski definition) is 1. The van der Waals surface area contributed by atoms with Crippen LogP contribution in [0.2, 0.25) is 0 Å². The van der Waals surface area contributed by atoms with Gasteiger partial charge in [0.05, 0.1) is 23.2 Å². The Morgan fingerprint density at radius 2 is 2.29 bits per heavy atom. The predicted octanol–water partition coefficient (Wildman–Crippen LogP) is 2.51. The van der Waals surface area contributed by atoms with E-state index in [0.29, 0.717) is 6.61 Å². The van der Waals surface area contributed by atoms with Crippen LogP contribution in [0.3, 0.4) is 0 Å². The third-order valence-electron chi connectivity index (χ3n) is 4.51. The molecule has 0 saturated heterocycles. The van der Waals surface area contributed by atoms with Crippen LogP contribution in [0.25, 0.3) is 11.0 Å².